The first-order valence-corrected chi connectivity index (χ1v) is 14.5. The Labute approximate surface area is 230 Å². The van der Waals surface area contributed by atoms with Crippen LogP contribution in [0.1, 0.15) is 48.0 Å². The fourth-order valence-corrected chi connectivity index (χ4v) is 5.06. The molecule has 4 rings (SSSR count). The highest BCUT2D eigenvalue weighted by Gasteiger charge is 2.25. The van der Waals surface area contributed by atoms with Gasteiger partial charge in [0.2, 0.25) is 0 Å². The summed E-state index contributed by atoms with van der Waals surface area (Å²) in [4.78, 5) is 23.9. The van der Waals surface area contributed by atoms with Crippen molar-refractivity contribution in [1.82, 2.24) is 14.8 Å². The first-order chi connectivity index (χ1) is 18.1. The number of pyridine rings is 2. The quantitative estimate of drug-likeness (QED) is 0.215. The Morgan fingerprint density at radius 1 is 1.13 bits per heavy atom. The average Bonchev–Trinajstić information content (AvgIpc) is 2.90. The summed E-state index contributed by atoms with van der Waals surface area (Å²) in [5.74, 6) is -0.0400. The number of aliphatic hydroxyl groups excluding tert-OH is 1. The molecule has 2 heterocycles. The van der Waals surface area contributed by atoms with E-state index in [1.165, 1.54) is 30.6 Å². The molecular weight excluding hydrogens is 553 g/mol. The van der Waals surface area contributed by atoms with Gasteiger partial charge in [0.1, 0.15) is 11.6 Å². The van der Waals surface area contributed by atoms with Crippen LogP contribution in [0.25, 0.3) is 0 Å². The molecule has 202 valence electrons. The number of nitrogens with one attached hydrogen (secondary N) is 3. The molecule has 4 N–H and O–H groups in total. The van der Waals surface area contributed by atoms with Crippen molar-refractivity contribution in [1.29, 1.82) is 0 Å². The van der Waals surface area contributed by atoms with Gasteiger partial charge in [-0.2, -0.15) is 0 Å². The fourth-order valence-electron chi connectivity index (χ4n) is 4.10. The van der Waals surface area contributed by atoms with E-state index in [4.69, 9.17) is 28.1 Å². The van der Waals surface area contributed by atoms with Crippen molar-refractivity contribution < 1.29 is 23.1 Å². The maximum absolute atomic E-state index is 12.9. The van der Waals surface area contributed by atoms with Crippen molar-refractivity contribution in [3.05, 3.63) is 71.1 Å². The Balaban J connectivity index is 1.57. The van der Waals surface area contributed by atoms with Gasteiger partial charge in [-0.25, -0.2) is 23.2 Å². The highest BCUT2D eigenvalue weighted by molar-refractivity contribution is 7.90. The number of rotatable bonds is 9. The van der Waals surface area contributed by atoms with Gasteiger partial charge < -0.3 is 20.5 Å². The minimum absolute atomic E-state index is 0.0189. The van der Waals surface area contributed by atoms with Gasteiger partial charge in [0.05, 0.1) is 21.7 Å². The molecule has 1 fully saturated rings. The summed E-state index contributed by atoms with van der Waals surface area (Å²) >= 11 is 11.6. The van der Waals surface area contributed by atoms with Crippen LogP contribution in [0.3, 0.4) is 0 Å². The van der Waals surface area contributed by atoms with Gasteiger partial charge in [0, 0.05) is 30.3 Å². The number of carbonyl (C=O) groups is 1. The van der Waals surface area contributed by atoms with E-state index in [1.54, 1.807) is 24.3 Å². The number of ether oxygens (including phenoxy) is 1. The number of aliphatic hydroxyl groups is 1. The van der Waals surface area contributed by atoms with Gasteiger partial charge in [-0.1, -0.05) is 11.6 Å². The molecule has 1 saturated carbocycles. The summed E-state index contributed by atoms with van der Waals surface area (Å²) in [5, 5.41) is 17.1. The van der Waals surface area contributed by atoms with Crippen LogP contribution in [0.15, 0.2) is 59.8 Å². The second-order valence-electron chi connectivity index (χ2n) is 8.93. The Kier molecular flexibility index (Phi) is 9.06. The van der Waals surface area contributed by atoms with E-state index in [-0.39, 0.29) is 40.0 Å². The largest absolute Gasteiger partial charge is 0.490 e. The standard InChI is InChI=1S/C25H27Cl2N5O5S/c1-38(35,36)18-9-10-19(21(13-18)37-17-7-5-16(32-27)6-8-17)24(33)30-20-3-2-12-28-23(20)25(34)31-22-11-4-15(26)14-29-22/h2-4,9-14,16-17,24,30,32-33H,5-8H2,1H3,(H,29,31,34). The number of hydrogen-bond donors (Lipinski definition) is 4. The van der Waals surface area contributed by atoms with Gasteiger partial charge in [0.15, 0.2) is 21.8 Å². The van der Waals surface area contributed by atoms with Crippen molar-refractivity contribution >= 4 is 50.6 Å². The number of aromatic nitrogens is 2. The van der Waals surface area contributed by atoms with E-state index in [0.29, 0.717) is 23.4 Å². The summed E-state index contributed by atoms with van der Waals surface area (Å²) < 4.78 is 30.6. The third-order valence-corrected chi connectivity index (χ3v) is 7.76. The lowest BCUT2D eigenvalue weighted by Crippen LogP contribution is -2.32. The van der Waals surface area contributed by atoms with Crippen LogP contribution < -0.4 is 20.2 Å². The maximum atomic E-state index is 12.9. The monoisotopic (exact) mass is 579 g/mol. The predicted octanol–water partition coefficient (Wildman–Crippen LogP) is 4.32. The Hall–Kier alpha value is -2.96. The summed E-state index contributed by atoms with van der Waals surface area (Å²) in [6.07, 6.45) is 5.45. The maximum Gasteiger partial charge on any atom is 0.277 e. The SMILES string of the molecule is CS(=O)(=O)c1ccc(C(O)Nc2cccnc2C(=O)Nc2ccc(Cl)cn2)c(OC2CCC(NCl)CC2)c1. The lowest BCUT2D eigenvalue weighted by atomic mass is 9.93. The molecule has 1 aromatic carbocycles. The summed E-state index contributed by atoms with van der Waals surface area (Å²) in [6, 6.07) is 10.8. The number of hydrogen-bond acceptors (Lipinski definition) is 9. The van der Waals surface area contributed by atoms with Crippen molar-refractivity contribution in [3.8, 4) is 5.75 Å². The van der Waals surface area contributed by atoms with Crippen LogP contribution in [0.4, 0.5) is 11.5 Å². The minimum atomic E-state index is -3.52. The Morgan fingerprint density at radius 3 is 2.55 bits per heavy atom. The highest BCUT2D eigenvalue weighted by Crippen LogP contribution is 2.33. The van der Waals surface area contributed by atoms with Crippen LogP contribution in [0, 0.1) is 0 Å². The van der Waals surface area contributed by atoms with Crippen molar-refractivity contribution in [2.45, 2.75) is 49.0 Å². The van der Waals surface area contributed by atoms with E-state index in [9.17, 15) is 18.3 Å². The summed E-state index contributed by atoms with van der Waals surface area (Å²) in [7, 11) is -3.52. The molecule has 3 aromatic rings. The number of nitrogens with zero attached hydrogens (tertiary/aromatic N) is 2. The van der Waals surface area contributed by atoms with E-state index < -0.39 is 22.0 Å². The normalized spacial score (nSPS) is 18.4. The molecule has 1 amide bonds. The van der Waals surface area contributed by atoms with E-state index in [2.05, 4.69) is 25.4 Å². The van der Waals surface area contributed by atoms with E-state index >= 15 is 0 Å². The van der Waals surface area contributed by atoms with Gasteiger partial charge in [-0.05, 0) is 79.9 Å². The molecular formula is C25H27Cl2N5O5S. The predicted molar refractivity (Wildman–Crippen MR) is 145 cm³/mol. The molecule has 0 radical (unpaired) electrons. The second kappa shape index (κ2) is 12.3. The summed E-state index contributed by atoms with van der Waals surface area (Å²) in [5.41, 5.74) is 0.577. The molecule has 0 saturated heterocycles. The van der Waals surface area contributed by atoms with Crippen molar-refractivity contribution in [3.63, 3.8) is 0 Å². The number of amides is 1. The lowest BCUT2D eigenvalue weighted by Gasteiger charge is -2.29. The second-order valence-corrected chi connectivity index (χ2v) is 11.6. The van der Waals surface area contributed by atoms with Gasteiger partial charge >= 0.3 is 0 Å². The third-order valence-electron chi connectivity index (χ3n) is 6.11. The van der Waals surface area contributed by atoms with Crippen LogP contribution in [0.2, 0.25) is 5.02 Å². The molecule has 2 aromatic heterocycles. The van der Waals surface area contributed by atoms with E-state index in [1.807, 2.05) is 0 Å². The lowest BCUT2D eigenvalue weighted by molar-refractivity contribution is 0.102. The molecule has 10 nitrogen and oxygen atoms in total. The topological polar surface area (TPSA) is 143 Å². The molecule has 1 aliphatic carbocycles. The fraction of sp³-hybridized carbons (Fsp3) is 0.320. The van der Waals surface area contributed by atoms with Crippen LogP contribution >= 0.6 is 23.4 Å². The zero-order valence-electron chi connectivity index (χ0n) is 20.4. The number of benzene rings is 1. The zero-order valence-corrected chi connectivity index (χ0v) is 22.7. The molecule has 0 bridgehead atoms. The van der Waals surface area contributed by atoms with Gasteiger partial charge in [-0.15, -0.1) is 0 Å². The number of anilines is 2. The molecule has 1 atom stereocenters. The Morgan fingerprint density at radius 2 is 1.89 bits per heavy atom. The molecule has 38 heavy (non-hydrogen) atoms. The minimum Gasteiger partial charge on any atom is -0.490 e. The molecule has 0 aliphatic heterocycles. The van der Waals surface area contributed by atoms with E-state index in [0.717, 1.165) is 19.1 Å². The first-order valence-electron chi connectivity index (χ1n) is 11.8. The molecule has 0 spiro atoms. The van der Waals surface area contributed by atoms with Crippen LogP contribution in [0.5, 0.6) is 5.75 Å². The van der Waals surface area contributed by atoms with Gasteiger partial charge in [0.25, 0.3) is 5.91 Å². The molecule has 1 aliphatic rings. The Bertz CT molecular complexity index is 1380. The molecule has 13 heteroatoms. The average molecular weight is 580 g/mol. The summed E-state index contributed by atoms with van der Waals surface area (Å²) in [6.45, 7) is 0. The van der Waals surface area contributed by atoms with Crippen molar-refractivity contribution in [2.24, 2.45) is 0 Å². The van der Waals surface area contributed by atoms with Crippen LogP contribution in [-0.2, 0) is 9.84 Å². The van der Waals surface area contributed by atoms with Crippen LogP contribution in [-0.4, -0.2) is 47.8 Å². The first kappa shape index (κ1) is 28.1. The number of sulfone groups is 1. The zero-order chi connectivity index (χ0) is 27.3. The third kappa shape index (κ3) is 7.12. The smallest absolute Gasteiger partial charge is 0.277 e. The highest BCUT2D eigenvalue weighted by atomic mass is 35.5. The molecule has 1 unspecified atom stereocenters. The van der Waals surface area contributed by atoms with Gasteiger partial charge in [-0.3, -0.25) is 4.79 Å². The number of carbonyl (C=O) groups excluding carboxylic acids is 1. The number of halogens is 2. The van der Waals surface area contributed by atoms with Crippen molar-refractivity contribution in [2.75, 3.05) is 16.9 Å².